The largest absolute Gasteiger partial charge is 0.345 e. The molecule has 1 N–H and O–H groups in total. The normalized spacial score (nSPS) is 12.4. The summed E-state index contributed by atoms with van der Waals surface area (Å²) < 4.78 is 63.7. The number of pyridine rings is 1. The molecule has 17 heteroatoms. The highest BCUT2D eigenvalue weighted by Gasteiger charge is 2.29. The van der Waals surface area contributed by atoms with Gasteiger partial charge in [0.1, 0.15) is 6.04 Å². The summed E-state index contributed by atoms with van der Waals surface area (Å²) in [5.74, 6) is -1.49. The molecule has 40 heavy (non-hydrogen) atoms. The van der Waals surface area contributed by atoms with Crippen LogP contribution in [-0.4, -0.2) is 58.2 Å². The molecule has 0 fully saturated rings. The molecule has 0 radical (unpaired) electrons. The van der Waals surface area contributed by atoms with Crippen LogP contribution in [0, 0.1) is 11.8 Å². The Kier molecular flexibility index (Phi) is 7.69. The molecule has 4 aromatic heterocycles. The average molecular weight is 599 g/mol. The molecular formula is C23H18Cl2F4N9O2+. The number of hydrogen-bond donors (Lipinski definition) is 1. The number of benzene rings is 1. The summed E-state index contributed by atoms with van der Waals surface area (Å²) in [7, 11) is 1.38. The number of rotatable bonds is 9. The van der Waals surface area contributed by atoms with Crippen LogP contribution in [0.25, 0.3) is 28.1 Å². The van der Waals surface area contributed by atoms with Crippen molar-refractivity contribution in [3.8, 4) is 28.1 Å². The van der Waals surface area contributed by atoms with E-state index in [1.54, 1.807) is 0 Å². The van der Waals surface area contributed by atoms with E-state index in [0.717, 1.165) is 4.68 Å². The first-order valence-electron chi connectivity index (χ1n) is 11.4. The first kappa shape index (κ1) is 27.5. The first-order chi connectivity index (χ1) is 19.1. The van der Waals surface area contributed by atoms with Crippen LogP contribution in [0.5, 0.6) is 0 Å². The van der Waals surface area contributed by atoms with Crippen LogP contribution >= 0.6 is 23.2 Å². The number of aromatic nitrogens is 9. The summed E-state index contributed by atoms with van der Waals surface area (Å²) in [6, 6.07) is 4.91. The fourth-order valence-corrected chi connectivity index (χ4v) is 4.40. The van der Waals surface area contributed by atoms with Gasteiger partial charge >= 0.3 is 6.61 Å². The second-order valence-corrected chi connectivity index (χ2v) is 9.22. The van der Waals surface area contributed by atoms with E-state index in [1.165, 1.54) is 65.5 Å². The molecule has 0 bridgehead atoms. The van der Waals surface area contributed by atoms with Crippen molar-refractivity contribution in [1.29, 1.82) is 0 Å². The van der Waals surface area contributed by atoms with Crippen LogP contribution in [0.1, 0.15) is 18.2 Å². The minimum atomic E-state index is -3.01. The number of nitrogens with zero attached hydrogens (tertiary/aromatic N) is 9. The Labute approximate surface area is 232 Å². The standard InChI is InChI=1S/C23H18Cl2F4N9O2/c1-35-22(27)21(32-33-35)13-8-30-36(9-13)15(6-7-40-23(28)29)16-4-2-12(10-38(16)39)19-17(5-3-14(24)20(19)26)37-11-18(25)31-34-37/h2-5,8-11,15,23,39H,6-7H2,1H3/q+1/t15-/m0/s1. The molecule has 0 unspecified atom stereocenters. The molecule has 0 saturated carbocycles. The van der Waals surface area contributed by atoms with Crippen molar-refractivity contribution >= 4 is 23.2 Å². The number of halogens is 6. The Morgan fingerprint density at radius 1 is 1.05 bits per heavy atom. The molecule has 5 rings (SSSR count). The molecular weight excluding hydrogens is 581 g/mol. The predicted molar refractivity (Wildman–Crippen MR) is 131 cm³/mol. The Bertz CT molecular complexity index is 1670. The van der Waals surface area contributed by atoms with Crippen LogP contribution in [0.2, 0.25) is 10.2 Å². The maximum Gasteiger partial charge on any atom is 0.345 e. The molecule has 1 atom stereocenters. The third kappa shape index (κ3) is 5.35. The van der Waals surface area contributed by atoms with Gasteiger partial charge in [-0.1, -0.05) is 33.6 Å². The summed E-state index contributed by atoms with van der Waals surface area (Å²) in [4.78, 5) is 0. The van der Waals surface area contributed by atoms with Crippen molar-refractivity contribution in [2.75, 3.05) is 6.61 Å². The van der Waals surface area contributed by atoms with E-state index in [1.807, 2.05) is 0 Å². The van der Waals surface area contributed by atoms with Gasteiger partial charge in [0, 0.05) is 36.0 Å². The van der Waals surface area contributed by atoms with Crippen LogP contribution < -0.4 is 4.73 Å². The van der Waals surface area contributed by atoms with Crippen molar-refractivity contribution in [2.45, 2.75) is 19.1 Å². The average Bonchev–Trinajstić information content (AvgIpc) is 3.65. The summed E-state index contributed by atoms with van der Waals surface area (Å²) in [6.45, 7) is -3.42. The number of alkyl halides is 2. The van der Waals surface area contributed by atoms with Gasteiger partial charge in [0.25, 0.3) is 5.69 Å². The lowest BCUT2D eigenvalue weighted by atomic mass is 10.0. The SMILES string of the molecule is Cn1nnc(-c2cnn([C@@H](CCOC(F)F)c3ccc(-c4c(-n5cc(Cl)nn5)ccc(Cl)c4F)c[n+]3O)c2)c1F. The second-order valence-electron chi connectivity index (χ2n) is 8.43. The monoisotopic (exact) mass is 598 g/mol. The van der Waals surface area contributed by atoms with Gasteiger partial charge in [0.05, 0.1) is 40.8 Å². The van der Waals surface area contributed by atoms with Gasteiger partial charge in [0.2, 0.25) is 12.1 Å². The van der Waals surface area contributed by atoms with Crippen LogP contribution in [0.4, 0.5) is 17.6 Å². The number of ether oxygens (including phenoxy) is 1. The van der Waals surface area contributed by atoms with E-state index in [9.17, 15) is 18.4 Å². The highest BCUT2D eigenvalue weighted by Crippen LogP contribution is 2.34. The van der Waals surface area contributed by atoms with Crippen LogP contribution in [0.3, 0.4) is 0 Å². The lowest BCUT2D eigenvalue weighted by Crippen LogP contribution is -2.38. The molecule has 11 nitrogen and oxygen atoms in total. The summed E-state index contributed by atoms with van der Waals surface area (Å²) in [5.41, 5.74) is 0.783. The van der Waals surface area contributed by atoms with Crippen molar-refractivity contribution in [3.63, 3.8) is 0 Å². The number of aryl methyl sites for hydroxylation is 1. The lowest BCUT2D eigenvalue weighted by Gasteiger charge is -2.15. The lowest BCUT2D eigenvalue weighted by molar-refractivity contribution is -0.910. The Morgan fingerprint density at radius 3 is 2.50 bits per heavy atom. The van der Waals surface area contributed by atoms with E-state index in [0.29, 0.717) is 4.73 Å². The molecule has 5 aromatic rings. The summed E-state index contributed by atoms with van der Waals surface area (Å²) >= 11 is 11.9. The molecule has 4 heterocycles. The maximum atomic E-state index is 15.3. The van der Waals surface area contributed by atoms with Gasteiger partial charge in [-0.15, -0.1) is 10.2 Å². The van der Waals surface area contributed by atoms with E-state index < -0.39 is 31.0 Å². The highest BCUT2D eigenvalue weighted by atomic mass is 35.5. The minimum Gasteiger partial charge on any atom is -0.323 e. The molecule has 0 spiro atoms. The van der Waals surface area contributed by atoms with Crippen molar-refractivity contribution in [2.24, 2.45) is 7.05 Å². The van der Waals surface area contributed by atoms with Gasteiger partial charge in [-0.3, -0.25) is 9.89 Å². The Balaban J connectivity index is 1.55. The maximum absolute atomic E-state index is 15.3. The van der Waals surface area contributed by atoms with Gasteiger partial charge in [0.15, 0.2) is 16.7 Å². The van der Waals surface area contributed by atoms with Crippen molar-refractivity contribution in [3.05, 3.63) is 76.7 Å². The zero-order valence-electron chi connectivity index (χ0n) is 20.3. The highest BCUT2D eigenvalue weighted by molar-refractivity contribution is 6.31. The molecule has 0 aliphatic carbocycles. The fourth-order valence-electron chi connectivity index (χ4n) is 4.12. The number of hydrogen-bond acceptors (Lipinski definition) is 7. The second kappa shape index (κ2) is 11.2. The van der Waals surface area contributed by atoms with Gasteiger partial charge in [-0.2, -0.15) is 18.3 Å². The Hall–Kier alpha value is -4.08. The molecule has 0 aliphatic heterocycles. The van der Waals surface area contributed by atoms with E-state index >= 15 is 4.39 Å². The fraction of sp³-hybridized carbons (Fsp3) is 0.217. The smallest absolute Gasteiger partial charge is 0.323 e. The van der Waals surface area contributed by atoms with Crippen LogP contribution in [0.15, 0.2) is 49.1 Å². The molecule has 208 valence electrons. The topological polar surface area (TPSA) is 113 Å². The van der Waals surface area contributed by atoms with Crippen LogP contribution in [-0.2, 0) is 11.8 Å². The van der Waals surface area contributed by atoms with E-state index in [4.69, 9.17) is 23.2 Å². The molecule has 0 aliphatic rings. The van der Waals surface area contributed by atoms with E-state index in [2.05, 4.69) is 30.5 Å². The zero-order valence-corrected chi connectivity index (χ0v) is 21.8. The zero-order chi connectivity index (χ0) is 28.6. The predicted octanol–water partition coefficient (Wildman–Crippen LogP) is 4.25. The minimum absolute atomic E-state index is 0.0134. The van der Waals surface area contributed by atoms with Gasteiger partial charge in [-0.25, -0.2) is 13.8 Å². The summed E-state index contributed by atoms with van der Waals surface area (Å²) in [5, 5.41) is 30.0. The van der Waals surface area contributed by atoms with Crippen molar-refractivity contribution in [1.82, 2.24) is 39.8 Å². The van der Waals surface area contributed by atoms with Gasteiger partial charge < -0.3 is 4.74 Å². The quantitative estimate of drug-likeness (QED) is 0.153. The molecule has 0 amide bonds. The Morgan fingerprint density at radius 2 is 1.85 bits per heavy atom. The third-order valence-corrected chi connectivity index (χ3v) is 6.43. The van der Waals surface area contributed by atoms with Gasteiger partial charge in [-0.05, 0) is 18.2 Å². The summed E-state index contributed by atoms with van der Waals surface area (Å²) in [6.07, 6.45) is 5.25. The van der Waals surface area contributed by atoms with Crippen molar-refractivity contribution < 1.29 is 32.2 Å². The molecule has 0 saturated heterocycles. The first-order valence-corrected chi connectivity index (χ1v) is 12.2. The third-order valence-electron chi connectivity index (χ3n) is 5.96. The van der Waals surface area contributed by atoms with E-state index in [-0.39, 0.29) is 50.4 Å². The molecule has 1 aromatic carbocycles.